The van der Waals surface area contributed by atoms with Crippen LogP contribution in [0.4, 0.5) is 19.0 Å². The van der Waals surface area contributed by atoms with Crippen LogP contribution in [-0.4, -0.2) is 55.3 Å². The summed E-state index contributed by atoms with van der Waals surface area (Å²) >= 11 is 1.19. The Kier molecular flexibility index (Phi) is 7.43. The first-order chi connectivity index (χ1) is 17.7. The van der Waals surface area contributed by atoms with Gasteiger partial charge in [0, 0.05) is 37.6 Å². The minimum atomic E-state index is -4.40. The van der Waals surface area contributed by atoms with Gasteiger partial charge in [0.15, 0.2) is 5.82 Å². The molecule has 4 heterocycles. The molecule has 0 aromatic carbocycles. The number of nitrogens with one attached hydrogen (secondary N) is 1. The van der Waals surface area contributed by atoms with E-state index in [0.29, 0.717) is 17.2 Å². The minimum Gasteiger partial charge on any atom is -0.476 e. The monoisotopic (exact) mass is 551 g/mol. The lowest BCUT2D eigenvalue weighted by Crippen LogP contribution is -2.40. The van der Waals surface area contributed by atoms with Gasteiger partial charge in [-0.25, -0.2) is 9.67 Å². The summed E-state index contributed by atoms with van der Waals surface area (Å²) in [6.07, 6.45) is 0.896. The van der Waals surface area contributed by atoms with Crippen LogP contribution in [0.5, 0.6) is 5.88 Å². The molecule has 0 atom stereocenters. The molecule has 38 heavy (non-hydrogen) atoms. The van der Waals surface area contributed by atoms with Gasteiger partial charge < -0.3 is 9.64 Å². The van der Waals surface area contributed by atoms with Crippen molar-refractivity contribution in [3.63, 3.8) is 0 Å². The van der Waals surface area contributed by atoms with Crippen molar-refractivity contribution < 1.29 is 22.7 Å². The molecule has 4 rings (SSSR count). The normalized spacial score (nSPS) is 15.7. The van der Waals surface area contributed by atoms with Crippen LogP contribution in [0, 0.1) is 12.3 Å². The molecule has 13 heteroatoms. The van der Waals surface area contributed by atoms with Gasteiger partial charge in [-0.1, -0.05) is 0 Å². The smallest absolute Gasteiger partial charge is 0.397 e. The first-order valence-corrected chi connectivity index (χ1v) is 13.0. The molecule has 0 unspecified atom stereocenters. The van der Waals surface area contributed by atoms with Crippen LogP contribution >= 0.6 is 11.9 Å². The molecule has 1 amide bonds. The quantitative estimate of drug-likeness (QED) is 0.390. The van der Waals surface area contributed by atoms with Crippen molar-refractivity contribution >= 4 is 23.7 Å². The molecule has 206 valence electrons. The maximum absolute atomic E-state index is 13.3. The van der Waals surface area contributed by atoms with Crippen molar-refractivity contribution in [3.05, 3.63) is 41.9 Å². The van der Waals surface area contributed by atoms with E-state index in [4.69, 9.17) is 9.72 Å². The number of carbonyl (C=O) groups is 1. The number of nitrogens with zero attached hydrogens (tertiary/aromatic N) is 6. The average molecular weight is 552 g/mol. The van der Waals surface area contributed by atoms with E-state index >= 15 is 0 Å². The fourth-order valence-corrected chi connectivity index (χ4v) is 4.84. The molecular formula is C25H32F3N7O2S. The molecule has 3 aromatic rings. The molecule has 0 radical (unpaired) electrons. The number of carbonyl (C=O) groups excluding carboxylic acids is 1. The van der Waals surface area contributed by atoms with Gasteiger partial charge in [0.05, 0.1) is 21.6 Å². The van der Waals surface area contributed by atoms with E-state index in [1.54, 1.807) is 23.0 Å². The predicted molar refractivity (Wildman–Crippen MR) is 139 cm³/mol. The summed E-state index contributed by atoms with van der Waals surface area (Å²) in [5.74, 6) is 0.688. The highest BCUT2D eigenvalue weighted by atomic mass is 32.2. The molecular weight excluding hydrogens is 519 g/mol. The third kappa shape index (κ3) is 5.77. The Morgan fingerprint density at radius 1 is 1.21 bits per heavy atom. The summed E-state index contributed by atoms with van der Waals surface area (Å²) in [4.78, 5) is 21.0. The number of hydrogen-bond acceptors (Lipinski definition) is 7. The lowest BCUT2D eigenvalue weighted by molar-refractivity contribution is -0.219. The van der Waals surface area contributed by atoms with Crippen LogP contribution in [-0.2, 0) is 7.05 Å². The first kappa shape index (κ1) is 27.8. The number of alkyl halides is 3. The van der Waals surface area contributed by atoms with Crippen molar-refractivity contribution in [2.24, 2.45) is 12.5 Å². The van der Waals surface area contributed by atoms with Crippen LogP contribution in [0.2, 0.25) is 0 Å². The number of amides is 1. The Morgan fingerprint density at radius 3 is 2.55 bits per heavy atom. The summed E-state index contributed by atoms with van der Waals surface area (Å²) in [5.41, 5.74) is -1.02. The molecule has 0 aliphatic carbocycles. The number of hydrogen-bond donors (Lipinski definition) is 1. The van der Waals surface area contributed by atoms with E-state index in [9.17, 15) is 18.0 Å². The maximum Gasteiger partial charge on any atom is 0.397 e. The van der Waals surface area contributed by atoms with E-state index in [0.717, 1.165) is 43.8 Å². The number of aromatic nitrogens is 5. The molecule has 0 spiro atoms. The molecule has 0 bridgehead atoms. The number of halogens is 3. The summed E-state index contributed by atoms with van der Waals surface area (Å²) in [6.45, 7) is 8.40. The number of anilines is 1. The largest absolute Gasteiger partial charge is 0.476 e. The van der Waals surface area contributed by atoms with Crippen LogP contribution < -0.4 is 14.4 Å². The van der Waals surface area contributed by atoms with Gasteiger partial charge in [0.25, 0.3) is 5.91 Å². The Bertz CT molecular complexity index is 1320. The van der Waals surface area contributed by atoms with Crippen molar-refractivity contribution in [1.82, 2.24) is 29.3 Å². The Labute approximate surface area is 223 Å². The van der Waals surface area contributed by atoms with Crippen molar-refractivity contribution in [1.29, 1.82) is 0 Å². The Balaban J connectivity index is 1.59. The highest BCUT2D eigenvalue weighted by molar-refractivity contribution is 7.98. The van der Waals surface area contributed by atoms with Gasteiger partial charge >= 0.3 is 6.18 Å². The van der Waals surface area contributed by atoms with Crippen LogP contribution in [0.15, 0.2) is 35.5 Å². The second kappa shape index (κ2) is 10.2. The van der Waals surface area contributed by atoms with Gasteiger partial charge in [-0.2, -0.15) is 18.3 Å². The Hall–Kier alpha value is -3.22. The predicted octanol–water partition coefficient (Wildman–Crippen LogP) is 5.09. The third-order valence-electron chi connectivity index (χ3n) is 6.63. The molecule has 1 fully saturated rings. The standard InChI is InChI=1S/C25H32F3N7O2S/c1-16-18(14-33(6)30-16)38-32-22(36)17-8-9-19(29-21(17)34-12-7-11-24(34,4)5)35-13-10-20(31-35)37-15-23(2,3)25(26,27)28/h8-10,13-14H,7,11-12,15H2,1-6H3,(H,32,36). The topological polar surface area (TPSA) is 90.1 Å². The van der Waals surface area contributed by atoms with E-state index in [1.807, 2.05) is 20.2 Å². The minimum absolute atomic E-state index is 0.0530. The summed E-state index contributed by atoms with van der Waals surface area (Å²) in [7, 11) is 1.82. The Morgan fingerprint density at radius 2 is 1.95 bits per heavy atom. The second-order valence-electron chi connectivity index (χ2n) is 10.7. The maximum atomic E-state index is 13.3. The highest BCUT2D eigenvalue weighted by Gasteiger charge is 2.48. The molecule has 9 nitrogen and oxygen atoms in total. The van der Waals surface area contributed by atoms with Crippen molar-refractivity contribution in [2.75, 3.05) is 18.1 Å². The van der Waals surface area contributed by atoms with Gasteiger partial charge in [0.1, 0.15) is 12.4 Å². The molecule has 0 saturated carbocycles. The van der Waals surface area contributed by atoms with Gasteiger partial charge in [-0.3, -0.25) is 14.2 Å². The zero-order chi connectivity index (χ0) is 27.9. The summed E-state index contributed by atoms with van der Waals surface area (Å²) in [5, 5.41) is 8.56. The van der Waals surface area contributed by atoms with Crippen molar-refractivity contribution in [2.45, 2.75) is 64.1 Å². The molecule has 1 saturated heterocycles. The van der Waals surface area contributed by atoms with Crippen LogP contribution in [0.25, 0.3) is 5.82 Å². The van der Waals surface area contributed by atoms with Crippen LogP contribution in [0.3, 0.4) is 0 Å². The van der Waals surface area contributed by atoms with E-state index in [1.165, 1.54) is 22.7 Å². The summed E-state index contributed by atoms with van der Waals surface area (Å²) < 4.78 is 50.9. The zero-order valence-corrected chi connectivity index (χ0v) is 23.1. The van der Waals surface area contributed by atoms with Gasteiger partial charge in [0.2, 0.25) is 5.88 Å². The SMILES string of the molecule is Cc1nn(C)cc1SNC(=O)c1ccc(-n2ccc(OCC(C)(C)C(F)(F)F)n2)nc1N1CCCC1(C)C. The fourth-order valence-electron chi connectivity index (χ4n) is 4.13. The van der Waals surface area contributed by atoms with E-state index < -0.39 is 18.2 Å². The second-order valence-corrected chi connectivity index (χ2v) is 11.5. The number of rotatable bonds is 8. The molecule has 1 aliphatic rings. The van der Waals surface area contributed by atoms with Gasteiger partial charge in [-0.05, 0) is 71.5 Å². The van der Waals surface area contributed by atoms with E-state index in [-0.39, 0.29) is 17.3 Å². The van der Waals surface area contributed by atoms with Crippen LogP contribution in [0.1, 0.15) is 56.6 Å². The molecule has 1 aliphatic heterocycles. The number of ether oxygens (including phenoxy) is 1. The first-order valence-electron chi connectivity index (χ1n) is 12.2. The average Bonchev–Trinajstić information content (AvgIpc) is 3.53. The fraction of sp³-hybridized carbons (Fsp3) is 0.520. The highest BCUT2D eigenvalue weighted by Crippen LogP contribution is 2.38. The van der Waals surface area contributed by atoms with Gasteiger partial charge in [-0.15, -0.1) is 5.10 Å². The lowest BCUT2D eigenvalue weighted by atomic mass is 9.94. The number of pyridine rings is 1. The summed E-state index contributed by atoms with van der Waals surface area (Å²) in [6, 6.07) is 4.83. The van der Waals surface area contributed by atoms with Crippen molar-refractivity contribution in [3.8, 4) is 11.7 Å². The zero-order valence-electron chi connectivity index (χ0n) is 22.3. The van der Waals surface area contributed by atoms with E-state index in [2.05, 4.69) is 33.7 Å². The molecule has 1 N–H and O–H groups in total. The molecule has 3 aromatic heterocycles. The number of aryl methyl sites for hydroxylation is 2. The lowest BCUT2D eigenvalue weighted by Gasteiger charge is -2.34. The third-order valence-corrected chi connectivity index (χ3v) is 7.54.